The van der Waals surface area contributed by atoms with Crippen LogP contribution in [0.2, 0.25) is 0 Å². The maximum Gasteiger partial charge on any atom is 0.325 e. The van der Waals surface area contributed by atoms with E-state index in [4.69, 9.17) is 10.5 Å². The SMILES string of the molecule is CCOC(=O)CN(CC(C)C)C(=O)c1csc(CCN)n1. The van der Waals surface area contributed by atoms with Gasteiger partial charge in [0, 0.05) is 18.3 Å². The van der Waals surface area contributed by atoms with E-state index in [9.17, 15) is 9.59 Å². The van der Waals surface area contributed by atoms with Gasteiger partial charge in [0.1, 0.15) is 12.2 Å². The number of nitrogens with two attached hydrogens (primary N) is 1. The number of hydrogen-bond acceptors (Lipinski definition) is 6. The van der Waals surface area contributed by atoms with E-state index in [1.807, 2.05) is 13.8 Å². The Kier molecular flexibility index (Phi) is 7.31. The number of carbonyl (C=O) groups excluding carboxylic acids is 2. The minimum absolute atomic E-state index is 0.0470. The van der Waals surface area contributed by atoms with Crippen LogP contribution in [0.1, 0.15) is 36.3 Å². The van der Waals surface area contributed by atoms with Crippen LogP contribution in [0.15, 0.2) is 5.38 Å². The van der Waals surface area contributed by atoms with Gasteiger partial charge in [-0.05, 0) is 19.4 Å². The van der Waals surface area contributed by atoms with E-state index in [1.165, 1.54) is 16.2 Å². The molecule has 1 aromatic rings. The highest BCUT2D eigenvalue weighted by molar-refractivity contribution is 7.09. The van der Waals surface area contributed by atoms with Crippen molar-refractivity contribution in [3.8, 4) is 0 Å². The van der Waals surface area contributed by atoms with E-state index in [0.29, 0.717) is 31.8 Å². The van der Waals surface area contributed by atoms with Crippen molar-refractivity contribution in [3.63, 3.8) is 0 Å². The fraction of sp³-hybridized carbons (Fsp3) is 0.643. The van der Waals surface area contributed by atoms with Crippen molar-refractivity contribution < 1.29 is 14.3 Å². The number of carbonyl (C=O) groups is 2. The Morgan fingerprint density at radius 1 is 1.48 bits per heavy atom. The summed E-state index contributed by atoms with van der Waals surface area (Å²) < 4.78 is 4.92. The van der Waals surface area contributed by atoms with Gasteiger partial charge in [-0.2, -0.15) is 0 Å². The molecule has 0 aliphatic rings. The van der Waals surface area contributed by atoms with Gasteiger partial charge < -0.3 is 15.4 Å². The maximum atomic E-state index is 12.5. The number of rotatable bonds is 8. The minimum Gasteiger partial charge on any atom is -0.465 e. The van der Waals surface area contributed by atoms with Gasteiger partial charge in [0.25, 0.3) is 5.91 Å². The predicted molar refractivity (Wildman–Crippen MR) is 82.2 cm³/mol. The number of amides is 1. The third-order valence-electron chi connectivity index (χ3n) is 2.63. The van der Waals surface area contributed by atoms with Crippen LogP contribution in [0.4, 0.5) is 0 Å². The summed E-state index contributed by atoms with van der Waals surface area (Å²) in [6.07, 6.45) is 0.653. The molecule has 0 aliphatic carbocycles. The molecule has 0 aromatic carbocycles. The monoisotopic (exact) mass is 313 g/mol. The second-order valence-corrected chi connectivity index (χ2v) is 5.99. The molecule has 6 nitrogen and oxygen atoms in total. The average molecular weight is 313 g/mol. The van der Waals surface area contributed by atoms with Crippen molar-refractivity contribution in [3.05, 3.63) is 16.1 Å². The summed E-state index contributed by atoms with van der Waals surface area (Å²) in [5.74, 6) is -0.384. The van der Waals surface area contributed by atoms with Crippen molar-refractivity contribution >= 4 is 23.2 Å². The first-order valence-corrected chi connectivity index (χ1v) is 7.95. The Labute approximate surface area is 129 Å². The van der Waals surface area contributed by atoms with E-state index >= 15 is 0 Å². The van der Waals surface area contributed by atoms with Crippen LogP contribution < -0.4 is 5.73 Å². The second kappa shape index (κ2) is 8.74. The van der Waals surface area contributed by atoms with Crippen LogP contribution in [-0.4, -0.2) is 48.0 Å². The van der Waals surface area contributed by atoms with E-state index in [-0.39, 0.29) is 18.4 Å². The van der Waals surface area contributed by atoms with Gasteiger partial charge >= 0.3 is 5.97 Å². The Morgan fingerprint density at radius 2 is 2.19 bits per heavy atom. The van der Waals surface area contributed by atoms with Gasteiger partial charge in [0.15, 0.2) is 0 Å². The summed E-state index contributed by atoms with van der Waals surface area (Å²) in [6, 6.07) is 0. The molecule has 2 N–H and O–H groups in total. The van der Waals surface area contributed by atoms with Crippen molar-refractivity contribution in [1.29, 1.82) is 0 Å². The number of esters is 1. The van der Waals surface area contributed by atoms with Crippen LogP contribution in [0.3, 0.4) is 0 Å². The molecule has 0 fully saturated rings. The highest BCUT2D eigenvalue weighted by Crippen LogP contribution is 2.13. The maximum absolute atomic E-state index is 12.5. The molecule has 1 rings (SSSR count). The quantitative estimate of drug-likeness (QED) is 0.731. The van der Waals surface area contributed by atoms with E-state index in [2.05, 4.69) is 4.98 Å². The van der Waals surface area contributed by atoms with Crippen LogP contribution >= 0.6 is 11.3 Å². The molecule has 1 amide bonds. The summed E-state index contributed by atoms with van der Waals surface area (Å²) in [5.41, 5.74) is 5.85. The third kappa shape index (κ3) is 5.81. The van der Waals surface area contributed by atoms with E-state index < -0.39 is 5.97 Å². The van der Waals surface area contributed by atoms with Crippen LogP contribution in [0.25, 0.3) is 0 Å². The van der Waals surface area contributed by atoms with Gasteiger partial charge in [-0.1, -0.05) is 13.8 Å². The lowest BCUT2D eigenvalue weighted by Gasteiger charge is -2.22. The van der Waals surface area contributed by atoms with Crippen LogP contribution in [0, 0.1) is 5.92 Å². The van der Waals surface area contributed by atoms with Crippen LogP contribution in [0.5, 0.6) is 0 Å². The molecule has 118 valence electrons. The van der Waals surface area contributed by atoms with Crippen molar-refractivity contribution in [2.45, 2.75) is 27.2 Å². The topological polar surface area (TPSA) is 85.5 Å². The molecule has 0 unspecified atom stereocenters. The fourth-order valence-electron chi connectivity index (χ4n) is 1.83. The predicted octanol–water partition coefficient (Wildman–Crippen LogP) is 1.31. The Morgan fingerprint density at radius 3 is 2.76 bits per heavy atom. The minimum atomic E-state index is -0.399. The number of ether oxygens (including phenoxy) is 1. The van der Waals surface area contributed by atoms with E-state index in [1.54, 1.807) is 12.3 Å². The van der Waals surface area contributed by atoms with Gasteiger partial charge in [-0.15, -0.1) is 11.3 Å². The molecule has 7 heteroatoms. The van der Waals surface area contributed by atoms with Crippen molar-refractivity contribution in [2.75, 3.05) is 26.2 Å². The molecule has 0 spiro atoms. The standard InChI is InChI=1S/C14H23N3O3S/c1-4-20-13(18)8-17(7-10(2)3)14(19)11-9-21-12(16-11)5-6-15/h9-10H,4-8,15H2,1-3H3. The summed E-state index contributed by atoms with van der Waals surface area (Å²) in [6.45, 7) is 6.97. The lowest BCUT2D eigenvalue weighted by Crippen LogP contribution is -2.39. The first-order chi connectivity index (χ1) is 9.97. The third-order valence-corrected chi connectivity index (χ3v) is 3.54. The van der Waals surface area contributed by atoms with Crippen molar-refractivity contribution in [2.24, 2.45) is 11.7 Å². The normalized spacial score (nSPS) is 10.7. The number of aromatic nitrogens is 1. The molecular weight excluding hydrogens is 290 g/mol. The largest absolute Gasteiger partial charge is 0.465 e. The highest BCUT2D eigenvalue weighted by atomic mass is 32.1. The number of thiazole rings is 1. The average Bonchev–Trinajstić information content (AvgIpc) is 2.86. The van der Waals surface area contributed by atoms with Gasteiger partial charge in [-0.3, -0.25) is 9.59 Å². The Hall–Kier alpha value is -1.47. The smallest absolute Gasteiger partial charge is 0.325 e. The lowest BCUT2D eigenvalue weighted by atomic mass is 10.2. The zero-order valence-corrected chi connectivity index (χ0v) is 13.6. The molecule has 1 heterocycles. The lowest BCUT2D eigenvalue weighted by molar-refractivity contribution is -0.143. The molecular formula is C14H23N3O3S. The zero-order valence-electron chi connectivity index (χ0n) is 12.8. The van der Waals surface area contributed by atoms with E-state index in [0.717, 1.165) is 5.01 Å². The molecule has 0 aliphatic heterocycles. The first kappa shape index (κ1) is 17.6. The summed E-state index contributed by atoms with van der Waals surface area (Å²) in [7, 11) is 0. The number of nitrogens with zero attached hydrogens (tertiary/aromatic N) is 2. The molecule has 0 radical (unpaired) electrons. The molecule has 0 bridgehead atoms. The van der Waals surface area contributed by atoms with Gasteiger partial charge in [-0.25, -0.2) is 4.98 Å². The summed E-state index contributed by atoms with van der Waals surface area (Å²) in [5, 5.41) is 2.55. The molecule has 0 atom stereocenters. The Balaban J connectivity index is 2.80. The Bertz CT molecular complexity index is 474. The van der Waals surface area contributed by atoms with Crippen LogP contribution in [-0.2, 0) is 16.0 Å². The molecule has 1 aromatic heterocycles. The zero-order chi connectivity index (χ0) is 15.8. The highest BCUT2D eigenvalue weighted by Gasteiger charge is 2.22. The summed E-state index contributed by atoms with van der Waals surface area (Å²) in [4.78, 5) is 29.9. The first-order valence-electron chi connectivity index (χ1n) is 7.07. The molecule has 0 saturated carbocycles. The van der Waals surface area contributed by atoms with Crippen molar-refractivity contribution in [1.82, 2.24) is 9.88 Å². The number of hydrogen-bond donors (Lipinski definition) is 1. The van der Waals surface area contributed by atoms with Gasteiger partial charge in [0.05, 0.1) is 11.6 Å². The summed E-state index contributed by atoms with van der Waals surface area (Å²) >= 11 is 1.41. The molecule has 0 saturated heterocycles. The van der Waals surface area contributed by atoms with Gasteiger partial charge in [0.2, 0.25) is 0 Å². The molecule has 21 heavy (non-hydrogen) atoms. The fourth-order valence-corrected chi connectivity index (χ4v) is 2.62. The second-order valence-electron chi connectivity index (χ2n) is 5.05.